The van der Waals surface area contributed by atoms with E-state index in [4.69, 9.17) is 18.9 Å². The van der Waals surface area contributed by atoms with Gasteiger partial charge in [-0.3, -0.25) is 0 Å². The first-order valence-electron chi connectivity index (χ1n) is 5.59. The van der Waals surface area contributed by atoms with Crippen molar-refractivity contribution < 1.29 is 24.1 Å². The highest BCUT2D eigenvalue weighted by atomic mass is 16.5. The molecule has 1 aromatic carbocycles. The van der Waals surface area contributed by atoms with Crippen molar-refractivity contribution in [2.45, 2.75) is 19.1 Å². The molecule has 2 atom stereocenters. The molecule has 0 radical (unpaired) electrons. The Morgan fingerprint density at radius 2 is 1.39 bits per heavy atom. The largest absolute Gasteiger partial charge is 0.496 e. The summed E-state index contributed by atoms with van der Waals surface area (Å²) in [4.78, 5) is 0. The van der Waals surface area contributed by atoms with E-state index < -0.39 is 6.10 Å². The molecule has 0 aliphatic carbocycles. The van der Waals surface area contributed by atoms with Gasteiger partial charge in [-0.25, -0.2) is 0 Å². The summed E-state index contributed by atoms with van der Waals surface area (Å²) in [5.41, 5.74) is 0.601. The van der Waals surface area contributed by atoms with Crippen molar-refractivity contribution in [1.82, 2.24) is 0 Å². The molecule has 0 bridgehead atoms. The number of aliphatic hydroxyl groups is 1. The second-order valence-corrected chi connectivity index (χ2v) is 3.83. The minimum Gasteiger partial charge on any atom is -0.496 e. The van der Waals surface area contributed by atoms with Crippen molar-refractivity contribution in [3.8, 4) is 17.2 Å². The predicted molar refractivity (Wildman–Crippen MR) is 67.5 cm³/mol. The Hall–Kier alpha value is -1.46. The van der Waals surface area contributed by atoms with Crippen LogP contribution in [0.4, 0.5) is 0 Å². The average molecular weight is 256 g/mol. The standard InChI is InChI=1S/C13H20O5/c1-8(15-2)13(14)9-6-11(17-4)12(18-5)7-10(9)16-3/h6-8,13-14H,1-5H3/t8-,13+/m1/s1. The molecule has 5 heteroatoms. The summed E-state index contributed by atoms with van der Waals surface area (Å²) in [6.07, 6.45) is -1.15. The van der Waals surface area contributed by atoms with E-state index in [-0.39, 0.29) is 6.10 Å². The lowest BCUT2D eigenvalue weighted by Crippen LogP contribution is -2.17. The Morgan fingerprint density at radius 1 is 0.889 bits per heavy atom. The van der Waals surface area contributed by atoms with Crippen LogP contribution in [0.25, 0.3) is 0 Å². The average Bonchev–Trinajstić information content (AvgIpc) is 2.43. The van der Waals surface area contributed by atoms with Crippen LogP contribution in [0.3, 0.4) is 0 Å². The molecule has 18 heavy (non-hydrogen) atoms. The summed E-state index contributed by atoms with van der Waals surface area (Å²) in [5, 5.41) is 10.2. The molecule has 102 valence electrons. The third-order valence-electron chi connectivity index (χ3n) is 2.87. The van der Waals surface area contributed by atoms with Crippen LogP contribution in [0.15, 0.2) is 12.1 Å². The third kappa shape index (κ3) is 2.86. The fourth-order valence-electron chi connectivity index (χ4n) is 1.67. The Labute approximate surface area is 107 Å². The predicted octanol–water partition coefficient (Wildman–Crippen LogP) is 1.78. The minimum atomic E-state index is -0.801. The van der Waals surface area contributed by atoms with E-state index in [1.54, 1.807) is 40.4 Å². The molecule has 1 aromatic rings. The Kier molecular flexibility index (Phi) is 5.25. The van der Waals surface area contributed by atoms with Gasteiger partial charge < -0.3 is 24.1 Å². The lowest BCUT2D eigenvalue weighted by Gasteiger charge is -2.21. The first-order chi connectivity index (χ1) is 8.58. The summed E-state index contributed by atoms with van der Waals surface area (Å²) >= 11 is 0. The maximum atomic E-state index is 10.2. The molecule has 1 N–H and O–H groups in total. The molecule has 0 aliphatic heterocycles. The van der Waals surface area contributed by atoms with Gasteiger partial charge in [0.05, 0.1) is 27.4 Å². The Bertz CT molecular complexity index is 391. The first kappa shape index (κ1) is 14.6. The zero-order chi connectivity index (χ0) is 13.7. The molecule has 0 saturated heterocycles. The lowest BCUT2D eigenvalue weighted by molar-refractivity contribution is -0.00262. The van der Waals surface area contributed by atoms with Crippen LogP contribution in [0, 0.1) is 0 Å². The minimum absolute atomic E-state index is 0.350. The van der Waals surface area contributed by atoms with Gasteiger partial charge in [0.15, 0.2) is 11.5 Å². The number of hydrogen-bond acceptors (Lipinski definition) is 5. The van der Waals surface area contributed by atoms with Gasteiger partial charge >= 0.3 is 0 Å². The van der Waals surface area contributed by atoms with Crippen molar-refractivity contribution in [2.75, 3.05) is 28.4 Å². The van der Waals surface area contributed by atoms with E-state index in [0.29, 0.717) is 22.8 Å². The van der Waals surface area contributed by atoms with Gasteiger partial charge in [-0.15, -0.1) is 0 Å². The summed E-state index contributed by atoms with van der Waals surface area (Å²) in [6.45, 7) is 1.78. The summed E-state index contributed by atoms with van der Waals surface area (Å²) in [6, 6.07) is 3.37. The SMILES string of the molecule is COc1cc(OC)c([C@@H](O)[C@@H](C)OC)cc1OC. The van der Waals surface area contributed by atoms with Gasteiger partial charge in [-0.05, 0) is 13.0 Å². The third-order valence-corrected chi connectivity index (χ3v) is 2.87. The highest BCUT2D eigenvalue weighted by molar-refractivity contribution is 5.51. The maximum absolute atomic E-state index is 10.2. The number of rotatable bonds is 6. The second kappa shape index (κ2) is 6.47. The van der Waals surface area contributed by atoms with E-state index in [1.165, 1.54) is 7.11 Å². The van der Waals surface area contributed by atoms with Crippen molar-refractivity contribution in [3.05, 3.63) is 17.7 Å². The maximum Gasteiger partial charge on any atom is 0.164 e. The monoisotopic (exact) mass is 256 g/mol. The van der Waals surface area contributed by atoms with Crippen LogP contribution in [-0.4, -0.2) is 39.6 Å². The smallest absolute Gasteiger partial charge is 0.164 e. The number of aliphatic hydroxyl groups excluding tert-OH is 1. The molecule has 1 rings (SSSR count). The van der Waals surface area contributed by atoms with Crippen LogP contribution in [0.1, 0.15) is 18.6 Å². The van der Waals surface area contributed by atoms with E-state index in [9.17, 15) is 5.11 Å². The van der Waals surface area contributed by atoms with Crippen molar-refractivity contribution >= 4 is 0 Å². The fourth-order valence-corrected chi connectivity index (χ4v) is 1.67. The topological polar surface area (TPSA) is 57.2 Å². The number of ether oxygens (including phenoxy) is 4. The van der Waals surface area contributed by atoms with E-state index >= 15 is 0 Å². The zero-order valence-corrected chi connectivity index (χ0v) is 11.4. The van der Waals surface area contributed by atoms with E-state index in [2.05, 4.69) is 0 Å². The number of benzene rings is 1. The van der Waals surface area contributed by atoms with Crippen LogP contribution in [0.5, 0.6) is 17.2 Å². The Balaban J connectivity index is 3.24. The molecule has 0 spiro atoms. The van der Waals surface area contributed by atoms with Gasteiger partial charge in [-0.2, -0.15) is 0 Å². The highest BCUT2D eigenvalue weighted by Gasteiger charge is 2.22. The highest BCUT2D eigenvalue weighted by Crippen LogP contribution is 2.38. The van der Waals surface area contributed by atoms with Gasteiger partial charge in [-0.1, -0.05) is 0 Å². The molecule has 0 heterocycles. The number of methoxy groups -OCH3 is 4. The molecule has 0 aliphatic rings. The molecule has 0 amide bonds. The fraction of sp³-hybridized carbons (Fsp3) is 0.538. The van der Waals surface area contributed by atoms with Crippen molar-refractivity contribution in [1.29, 1.82) is 0 Å². The first-order valence-corrected chi connectivity index (χ1v) is 5.59. The van der Waals surface area contributed by atoms with Crippen LogP contribution in [0.2, 0.25) is 0 Å². The van der Waals surface area contributed by atoms with E-state index in [1.807, 2.05) is 0 Å². The van der Waals surface area contributed by atoms with Crippen LogP contribution >= 0.6 is 0 Å². The molecule has 0 aromatic heterocycles. The number of hydrogen-bond donors (Lipinski definition) is 1. The molecule has 5 nitrogen and oxygen atoms in total. The zero-order valence-electron chi connectivity index (χ0n) is 11.4. The lowest BCUT2D eigenvalue weighted by atomic mass is 10.0. The summed E-state index contributed by atoms with van der Waals surface area (Å²) in [7, 11) is 6.17. The van der Waals surface area contributed by atoms with Crippen molar-refractivity contribution in [3.63, 3.8) is 0 Å². The van der Waals surface area contributed by atoms with Gasteiger partial charge in [0.1, 0.15) is 11.9 Å². The van der Waals surface area contributed by atoms with Crippen LogP contribution < -0.4 is 14.2 Å². The quantitative estimate of drug-likeness (QED) is 0.840. The molecular formula is C13H20O5. The molecule has 0 unspecified atom stereocenters. The second-order valence-electron chi connectivity index (χ2n) is 3.83. The Morgan fingerprint density at radius 3 is 1.83 bits per heavy atom. The van der Waals surface area contributed by atoms with Gasteiger partial charge in [0, 0.05) is 18.7 Å². The molecular weight excluding hydrogens is 236 g/mol. The van der Waals surface area contributed by atoms with Crippen molar-refractivity contribution in [2.24, 2.45) is 0 Å². The molecule has 0 fully saturated rings. The van der Waals surface area contributed by atoms with Crippen LogP contribution in [-0.2, 0) is 4.74 Å². The van der Waals surface area contributed by atoms with Gasteiger partial charge in [0.2, 0.25) is 0 Å². The molecule has 0 saturated carbocycles. The summed E-state index contributed by atoms with van der Waals surface area (Å²) in [5.74, 6) is 1.62. The summed E-state index contributed by atoms with van der Waals surface area (Å²) < 4.78 is 20.8. The normalized spacial score (nSPS) is 13.9. The van der Waals surface area contributed by atoms with E-state index in [0.717, 1.165) is 0 Å². The van der Waals surface area contributed by atoms with Gasteiger partial charge in [0.25, 0.3) is 0 Å².